The summed E-state index contributed by atoms with van der Waals surface area (Å²) >= 11 is 0. The zero-order valence-corrected chi connectivity index (χ0v) is 11.5. The number of nitrogens with zero attached hydrogens (tertiary/aromatic N) is 1. The maximum atomic E-state index is 4.47. The molecule has 0 aromatic carbocycles. The van der Waals surface area contributed by atoms with E-state index in [4.69, 9.17) is 0 Å². The largest absolute Gasteiger partial charge is 0.315 e. The maximum Gasteiger partial charge on any atom is 0.0794 e. The molecular weight excluding hydrogens is 224 g/mol. The minimum absolute atomic E-state index is 0.902. The zero-order valence-electron chi connectivity index (χ0n) is 11.5. The number of aryl methyl sites for hydroxylation is 1. The summed E-state index contributed by atoms with van der Waals surface area (Å²) in [5.41, 5.74) is 4.11. The van der Waals surface area contributed by atoms with Crippen molar-refractivity contribution in [2.75, 3.05) is 19.6 Å². The van der Waals surface area contributed by atoms with Gasteiger partial charge in [-0.05, 0) is 44.2 Å². The van der Waals surface area contributed by atoms with E-state index in [1.54, 1.807) is 0 Å². The van der Waals surface area contributed by atoms with Gasteiger partial charge in [-0.25, -0.2) is 0 Å². The average molecular weight is 250 g/mol. The van der Waals surface area contributed by atoms with Gasteiger partial charge in [0.25, 0.3) is 0 Å². The van der Waals surface area contributed by atoms with Crippen LogP contribution in [0.2, 0.25) is 0 Å². The van der Waals surface area contributed by atoms with Gasteiger partial charge < -0.3 is 10.6 Å². The molecule has 102 valence electrons. The van der Waals surface area contributed by atoms with Crippen LogP contribution in [0.4, 0.5) is 0 Å². The second-order valence-corrected chi connectivity index (χ2v) is 5.11. The highest BCUT2D eigenvalue weighted by Crippen LogP contribution is 2.21. The minimum atomic E-state index is 0.902. The third-order valence-electron chi connectivity index (χ3n) is 3.59. The molecule has 18 heavy (non-hydrogen) atoms. The number of aromatic amines is 1. The van der Waals surface area contributed by atoms with E-state index >= 15 is 0 Å². The molecule has 0 saturated carbocycles. The van der Waals surface area contributed by atoms with Crippen molar-refractivity contribution in [2.45, 2.75) is 52.0 Å². The van der Waals surface area contributed by atoms with Gasteiger partial charge in [0, 0.05) is 25.3 Å². The van der Waals surface area contributed by atoms with Crippen molar-refractivity contribution in [2.24, 2.45) is 0 Å². The van der Waals surface area contributed by atoms with Crippen molar-refractivity contribution in [1.82, 2.24) is 20.8 Å². The van der Waals surface area contributed by atoms with Crippen LogP contribution in [0.5, 0.6) is 0 Å². The van der Waals surface area contributed by atoms with Crippen LogP contribution in [0.25, 0.3) is 0 Å². The van der Waals surface area contributed by atoms with Crippen LogP contribution in [-0.4, -0.2) is 29.8 Å². The van der Waals surface area contributed by atoms with Crippen molar-refractivity contribution in [3.63, 3.8) is 0 Å². The van der Waals surface area contributed by atoms with E-state index in [2.05, 4.69) is 27.8 Å². The second-order valence-electron chi connectivity index (χ2n) is 5.11. The second kappa shape index (κ2) is 7.54. The summed E-state index contributed by atoms with van der Waals surface area (Å²) in [5, 5.41) is 14.6. The number of hydrogen-bond donors (Lipinski definition) is 3. The predicted octanol–water partition coefficient (Wildman–Crippen LogP) is 1.77. The molecule has 0 aliphatic heterocycles. The molecule has 1 aliphatic rings. The van der Waals surface area contributed by atoms with Gasteiger partial charge in [-0.1, -0.05) is 13.3 Å². The standard InChI is InChI=1S/C14H26N4/c1-2-8-15-9-10-16-11-14-12-6-4-3-5-7-13(12)17-18-14/h15-16H,2-11H2,1H3,(H,17,18). The number of hydrogen-bond acceptors (Lipinski definition) is 3. The Morgan fingerprint density at radius 1 is 1.06 bits per heavy atom. The van der Waals surface area contributed by atoms with Gasteiger partial charge in [0.15, 0.2) is 0 Å². The lowest BCUT2D eigenvalue weighted by atomic mass is 10.1. The van der Waals surface area contributed by atoms with Crippen LogP contribution in [0.3, 0.4) is 0 Å². The van der Waals surface area contributed by atoms with Crippen LogP contribution < -0.4 is 10.6 Å². The maximum absolute atomic E-state index is 4.47. The molecule has 0 fully saturated rings. The molecule has 0 unspecified atom stereocenters. The highest BCUT2D eigenvalue weighted by atomic mass is 15.1. The van der Waals surface area contributed by atoms with Gasteiger partial charge in [-0.15, -0.1) is 0 Å². The Kier molecular flexibility index (Phi) is 5.68. The molecule has 1 aliphatic carbocycles. The molecule has 3 N–H and O–H groups in total. The molecule has 1 heterocycles. The molecule has 1 aromatic rings. The molecule has 1 aromatic heterocycles. The van der Waals surface area contributed by atoms with E-state index < -0.39 is 0 Å². The highest BCUT2D eigenvalue weighted by Gasteiger charge is 2.14. The number of rotatable bonds is 7. The monoisotopic (exact) mass is 250 g/mol. The molecular formula is C14H26N4. The fourth-order valence-corrected chi connectivity index (χ4v) is 2.56. The molecule has 0 radical (unpaired) electrons. The minimum Gasteiger partial charge on any atom is -0.315 e. The van der Waals surface area contributed by atoms with Crippen LogP contribution in [0.15, 0.2) is 0 Å². The summed E-state index contributed by atoms with van der Waals surface area (Å²) in [4.78, 5) is 0. The Labute approximate surface area is 110 Å². The van der Waals surface area contributed by atoms with E-state index in [0.717, 1.165) is 26.2 Å². The van der Waals surface area contributed by atoms with Gasteiger partial charge in [-0.3, -0.25) is 5.10 Å². The number of aromatic nitrogens is 2. The lowest BCUT2D eigenvalue weighted by Gasteiger charge is -2.06. The average Bonchev–Trinajstić information content (AvgIpc) is 2.62. The summed E-state index contributed by atoms with van der Waals surface area (Å²) in [5.74, 6) is 0. The van der Waals surface area contributed by atoms with Gasteiger partial charge >= 0.3 is 0 Å². The summed E-state index contributed by atoms with van der Waals surface area (Å²) in [6.45, 7) is 6.26. The first-order valence-electron chi connectivity index (χ1n) is 7.38. The molecule has 0 atom stereocenters. The fraction of sp³-hybridized carbons (Fsp3) is 0.786. The van der Waals surface area contributed by atoms with Crippen molar-refractivity contribution in [1.29, 1.82) is 0 Å². The van der Waals surface area contributed by atoms with E-state index in [-0.39, 0.29) is 0 Å². The Morgan fingerprint density at radius 2 is 1.89 bits per heavy atom. The number of nitrogens with one attached hydrogen (secondary N) is 3. The summed E-state index contributed by atoms with van der Waals surface area (Å²) < 4.78 is 0. The molecule has 2 rings (SSSR count). The van der Waals surface area contributed by atoms with Crippen LogP contribution in [0.1, 0.15) is 49.6 Å². The van der Waals surface area contributed by atoms with Crippen LogP contribution in [-0.2, 0) is 19.4 Å². The predicted molar refractivity (Wildman–Crippen MR) is 74.7 cm³/mol. The first-order valence-corrected chi connectivity index (χ1v) is 7.38. The van der Waals surface area contributed by atoms with Crippen molar-refractivity contribution in [3.05, 3.63) is 17.0 Å². The van der Waals surface area contributed by atoms with Gasteiger partial charge in [0.2, 0.25) is 0 Å². The van der Waals surface area contributed by atoms with Crippen LogP contribution in [0, 0.1) is 0 Å². The fourth-order valence-electron chi connectivity index (χ4n) is 2.56. The summed E-state index contributed by atoms with van der Waals surface area (Å²) in [6, 6.07) is 0. The van der Waals surface area contributed by atoms with Gasteiger partial charge in [-0.2, -0.15) is 5.10 Å². The van der Waals surface area contributed by atoms with E-state index in [1.165, 1.54) is 55.5 Å². The van der Waals surface area contributed by atoms with Crippen molar-refractivity contribution >= 4 is 0 Å². The van der Waals surface area contributed by atoms with Crippen molar-refractivity contribution < 1.29 is 0 Å². The third-order valence-corrected chi connectivity index (χ3v) is 3.59. The highest BCUT2D eigenvalue weighted by molar-refractivity contribution is 5.26. The zero-order chi connectivity index (χ0) is 12.6. The molecule has 0 spiro atoms. The topological polar surface area (TPSA) is 52.7 Å². The first-order chi connectivity index (χ1) is 8.92. The molecule has 0 amide bonds. The van der Waals surface area contributed by atoms with Gasteiger partial charge in [0.05, 0.1) is 5.69 Å². The molecule has 4 nitrogen and oxygen atoms in total. The molecule has 4 heteroatoms. The number of H-pyrrole nitrogens is 1. The van der Waals surface area contributed by atoms with E-state index in [9.17, 15) is 0 Å². The summed E-state index contributed by atoms with van der Waals surface area (Å²) in [6.07, 6.45) is 7.57. The van der Waals surface area contributed by atoms with E-state index in [0.29, 0.717) is 0 Å². The Bertz CT molecular complexity index is 346. The summed E-state index contributed by atoms with van der Waals surface area (Å²) in [7, 11) is 0. The lowest BCUT2D eigenvalue weighted by Crippen LogP contribution is -2.27. The van der Waals surface area contributed by atoms with Crippen LogP contribution >= 0.6 is 0 Å². The quantitative estimate of drug-likeness (QED) is 0.510. The molecule has 0 saturated heterocycles. The Morgan fingerprint density at radius 3 is 2.78 bits per heavy atom. The third kappa shape index (κ3) is 3.82. The van der Waals surface area contributed by atoms with Gasteiger partial charge in [0.1, 0.15) is 0 Å². The SMILES string of the molecule is CCCNCCNCc1n[nH]c2c1CCCCC2. The normalized spacial score (nSPS) is 15.4. The van der Waals surface area contributed by atoms with E-state index in [1.807, 2.05) is 0 Å². The lowest BCUT2D eigenvalue weighted by molar-refractivity contribution is 0.598. The smallest absolute Gasteiger partial charge is 0.0794 e. The Balaban J connectivity index is 1.74. The molecule has 0 bridgehead atoms. The number of fused-ring (bicyclic) bond motifs is 1. The van der Waals surface area contributed by atoms with Crippen molar-refractivity contribution in [3.8, 4) is 0 Å². The Hall–Kier alpha value is -0.870. The first kappa shape index (κ1) is 13.6.